The normalized spacial score (nSPS) is 11.4. The molecule has 0 saturated carbocycles. The van der Waals surface area contributed by atoms with Crippen LogP contribution in [0.5, 0.6) is 0 Å². The number of rotatable bonds is 17. The fourth-order valence-electron chi connectivity index (χ4n) is 2.76. The molecule has 0 spiro atoms. The van der Waals surface area contributed by atoms with E-state index < -0.39 is 17.9 Å². The number of nitrogens with two attached hydrogens (primary N) is 1. The van der Waals surface area contributed by atoms with Crippen molar-refractivity contribution >= 4 is 47.3 Å². The van der Waals surface area contributed by atoms with Crippen LogP contribution in [0.2, 0.25) is 0 Å². The number of hydrogen-bond acceptors (Lipinski definition) is 3. The van der Waals surface area contributed by atoms with Gasteiger partial charge in [-0.3, -0.25) is 9.59 Å². The molecule has 0 rings (SSSR count). The van der Waals surface area contributed by atoms with Gasteiger partial charge >= 0.3 is 35.5 Å². The summed E-state index contributed by atoms with van der Waals surface area (Å²) in [4.78, 5) is 33.5. The monoisotopic (exact) mass is 380 g/mol. The molecular formula is C19H37N2NaO4. The SMILES string of the molecule is CCCCCCCCCCCCCC(=O)N[C@@H](CCC(N)=O)C(=O)O.[NaH]. The second kappa shape index (κ2) is 19.2. The number of carbonyl (C=O) groups is 3. The van der Waals surface area contributed by atoms with Gasteiger partial charge < -0.3 is 16.2 Å². The molecule has 0 aliphatic heterocycles. The summed E-state index contributed by atoms with van der Waals surface area (Å²) < 4.78 is 0. The van der Waals surface area contributed by atoms with Crippen LogP contribution >= 0.6 is 0 Å². The molecule has 0 aliphatic carbocycles. The Kier molecular flexibility index (Phi) is 20.4. The van der Waals surface area contributed by atoms with Crippen LogP contribution in [0.15, 0.2) is 0 Å². The zero-order valence-corrected chi connectivity index (χ0v) is 15.7. The van der Waals surface area contributed by atoms with E-state index in [0.29, 0.717) is 6.42 Å². The molecular weight excluding hydrogens is 343 g/mol. The first-order chi connectivity index (χ1) is 12.0. The topological polar surface area (TPSA) is 109 Å². The summed E-state index contributed by atoms with van der Waals surface area (Å²) in [5, 5.41) is 11.5. The Morgan fingerprint density at radius 2 is 1.31 bits per heavy atom. The Morgan fingerprint density at radius 3 is 1.73 bits per heavy atom. The van der Waals surface area contributed by atoms with E-state index in [0.717, 1.165) is 19.3 Å². The van der Waals surface area contributed by atoms with Crippen LogP contribution in [0.3, 0.4) is 0 Å². The summed E-state index contributed by atoms with van der Waals surface area (Å²) in [7, 11) is 0. The Morgan fingerprint density at radius 1 is 0.846 bits per heavy atom. The first kappa shape index (κ1) is 27.6. The number of carbonyl (C=O) groups excluding carboxylic acids is 2. The van der Waals surface area contributed by atoms with Crippen molar-refractivity contribution in [2.24, 2.45) is 5.73 Å². The molecule has 2 amide bonds. The Balaban J connectivity index is 0. The second-order valence-corrected chi connectivity index (χ2v) is 6.75. The maximum absolute atomic E-state index is 11.8. The Labute approximate surface area is 180 Å². The quantitative estimate of drug-likeness (QED) is 0.266. The molecule has 0 heterocycles. The molecule has 0 aromatic carbocycles. The van der Waals surface area contributed by atoms with Crippen LogP contribution in [-0.2, 0) is 14.4 Å². The van der Waals surface area contributed by atoms with Gasteiger partial charge in [-0.15, -0.1) is 0 Å². The van der Waals surface area contributed by atoms with Crippen molar-refractivity contribution in [2.75, 3.05) is 0 Å². The first-order valence-electron chi connectivity index (χ1n) is 9.77. The predicted molar refractivity (Wildman–Crippen MR) is 106 cm³/mol. The van der Waals surface area contributed by atoms with Crippen LogP contribution in [-0.4, -0.2) is 58.5 Å². The predicted octanol–water partition coefficient (Wildman–Crippen LogP) is 2.87. The minimum atomic E-state index is -1.13. The molecule has 148 valence electrons. The van der Waals surface area contributed by atoms with E-state index in [4.69, 9.17) is 10.8 Å². The standard InChI is InChI=1S/C19H36N2O4.Na.H/c1-2-3-4-5-6-7-8-9-10-11-12-13-18(23)21-16(19(24)25)14-15-17(20)22;;/h16H,2-15H2,1H3,(H2,20,22)(H,21,23)(H,24,25);;/t16-;;/m0../s1. The molecule has 7 heteroatoms. The number of primary amides is 1. The maximum atomic E-state index is 11.8. The van der Waals surface area contributed by atoms with Crippen LogP contribution in [0.25, 0.3) is 0 Å². The molecule has 0 aromatic rings. The van der Waals surface area contributed by atoms with Gasteiger partial charge in [0.05, 0.1) is 0 Å². The third-order valence-corrected chi connectivity index (χ3v) is 4.32. The van der Waals surface area contributed by atoms with Crippen molar-refractivity contribution in [1.82, 2.24) is 5.32 Å². The van der Waals surface area contributed by atoms with Crippen LogP contribution in [0, 0.1) is 0 Å². The van der Waals surface area contributed by atoms with Gasteiger partial charge in [-0.2, -0.15) is 0 Å². The van der Waals surface area contributed by atoms with E-state index in [1.807, 2.05) is 0 Å². The summed E-state index contributed by atoms with van der Waals surface area (Å²) >= 11 is 0. The van der Waals surface area contributed by atoms with E-state index in [2.05, 4.69) is 12.2 Å². The van der Waals surface area contributed by atoms with E-state index in [1.165, 1.54) is 51.4 Å². The van der Waals surface area contributed by atoms with Crippen molar-refractivity contribution in [3.05, 3.63) is 0 Å². The van der Waals surface area contributed by atoms with Gasteiger partial charge in [0.1, 0.15) is 6.04 Å². The number of carboxylic acid groups (broad SMARTS) is 1. The van der Waals surface area contributed by atoms with Gasteiger partial charge in [-0.05, 0) is 12.8 Å². The average Bonchev–Trinajstić information content (AvgIpc) is 2.56. The molecule has 0 bridgehead atoms. The number of hydrogen-bond donors (Lipinski definition) is 3. The Hall–Kier alpha value is -0.590. The average molecular weight is 381 g/mol. The summed E-state index contributed by atoms with van der Waals surface area (Å²) in [5.74, 6) is -1.97. The van der Waals surface area contributed by atoms with E-state index in [1.54, 1.807) is 0 Å². The van der Waals surface area contributed by atoms with Gasteiger partial charge in [0.2, 0.25) is 11.8 Å². The van der Waals surface area contributed by atoms with Gasteiger partial charge in [0, 0.05) is 12.8 Å². The van der Waals surface area contributed by atoms with Gasteiger partial charge in [0.15, 0.2) is 0 Å². The van der Waals surface area contributed by atoms with E-state index in [9.17, 15) is 14.4 Å². The third-order valence-electron chi connectivity index (χ3n) is 4.32. The van der Waals surface area contributed by atoms with Crippen LogP contribution in [0.4, 0.5) is 0 Å². The zero-order chi connectivity index (χ0) is 18.9. The molecule has 0 fully saturated rings. The number of aliphatic carboxylic acids is 1. The summed E-state index contributed by atoms with van der Waals surface area (Å²) in [6, 6.07) is -1.03. The summed E-state index contributed by atoms with van der Waals surface area (Å²) in [6.45, 7) is 2.23. The van der Waals surface area contributed by atoms with Crippen molar-refractivity contribution in [2.45, 2.75) is 103 Å². The Bertz CT molecular complexity index is 392. The number of nitrogens with one attached hydrogen (secondary N) is 1. The van der Waals surface area contributed by atoms with Crippen molar-refractivity contribution < 1.29 is 19.5 Å². The molecule has 26 heavy (non-hydrogen) atoms. The zero-order valence-electron chi connectivity index (χ0n) is 15.7. The van der Waals surface area contributed by atoms with E-state index in [-0.39, 0.29) is 48.3 Å². The van der Waals surface area contributed by atoms with E-state index >= 15 is 0 Å². The van der Waals surface area contributed by atoms with Crippen LogP contribution in [0.1, 0.15) is 96.8 Å². The minimum absolute atomic E-state index is 0. The second-order valence-electron chi connectivity index (χ2n) is 6.75. The molecule has 0 radical (unpaired) electrons. The molecule has 6 nitrogen and oxygen atoms in total. The van der Waals surface area contributed by atoms with Crippen LogP contribution < -0.4 is 11.1 Å². The molecule has 1 atom stereocenters. The molecule has 0 aromatic heterocycles. The fraction of sp³-hybridized carbons (Fsp3) is 0.842. The van der Waals surface area contributed by atoms with Crippen molar-refractivity contribution in [3.63, 3.8) is 0 Å². The molecule has 4 N–H and O–H groups in total. The van der Waals surface area contributed by atoms with Gasteiger partial charge in [-0.25, -0.2) is 4.79 Å². The first-order valence-corrected chi connectivity index (χ1v) is 9.77. The molecule has 0 aliphatic rings. The van der Waals surface area contributed by atoms with Crippen molar-refractivity contribution in [3.8, 4) is 0 Å². The molecule has 0 unspecified atom stereocenters. The number of carboxylic acids is 1. The van der Waals surface area contributed by atoms with Gasteiger partial charge in [-0.1, -0.05) is 71.1 Å². The third kappa shape index (κ3) is 18.2. The number of unbranched alkanes of at least 4 members (excludes halogenated alkanes) is 10. The molecule has 0 saturated heterocycles. The van der Waals surface area contributed by atoms with Crippen molar-refractivity contribution in [1.29, 1.82) is 0 Å². The summed E-state index contributed by atoms with van der Waals surface area (Å²) in [6.07, 6.45) is 13.6. The fourth-order valence-corrected chi connectivity index (χ4v) is 2.76. The summed E-state index contributed by atoms with van der Waals surface area (Å²) in [5.41, 5.74) is 5.01. The number of amides is 2. The van der Waals surface area contributed by atoms with Gasteiger partial charge in [0.25, 0.3) is 0 Å².